The van der Waals surface area contributed by atoms with E-state index >= 15 is 0 Å². The summed E-state index contributed by atoms with van der Waals surface area (Å²) in [4.78, 5) is 0. The average Bonchev–Trinajstić information content (AvgIpc) is 2.51. The van der Waals surface area contributed by atoms with Crippen LogP contribution >= 0.6 is 0 Å². The Morgan fingerprint density at radius 3 is 0.971 bits per heavy atom. The minimum absolute atomic E-state index is 0.180. The molecular weight excluding hydrogens is 556 g/mol. The van der Waals surface area contributed by atoms with Crippen molar-refractivity contribution in [1.82, 2.24) is 0 Å². The third-order valence-corrected chi connectivity index (χ3v) is 4.93. The molecule has 0 amide bonds. The highest BCUT2D eigenvalue weighted by atomic mass is 32.2. The fourth-order valence-corrected chi connectivity index (χ4v) is 4.15. The predicted octanol–water partition coefficient (Wildman–Crippen LogP) is 4.28. The first-order valence-corrected chi connectivity index (χ1v) is 11.4. The first-order valence-electron chi connectivity index (χ1n) is 7.81. The van der Waals surface area contributed by atoms with Gasteiger partial charge in [0.2, 0.25) is 0 Å². The maximum Gasteiger partial charge on any atom is 0.432 e. The number of hydrogen-bond donors (Lipinski definition) is 0. The lowest BCUT2D eigenvalue weighted by Crippen LogP contribution is -2.58. The van der Waals surface area contributed by atoms with Gasteiger partial charge < -0.3 is 0 Å². The number of benzene rings is 1. The zero-order chi connectivity index (χ0) is 27.4. The fourth-order valence-electron chi connectivity index (χ4n) is 2.67. The molecule has 0 aliphatic heterocycles. The molecule has 6 nitrogen and oxygen atoms in total. The summed E-state index contributed by atoms with van der Waals surface area (Å²) in [6.07, 6.45) is -27.9. The standard InChI is InChI=1S/C14H10F12O6S2/c1-33(27,28)31-9(11(15,16)17,12(18,19)20)7-4-3-5-8(6-7)10(13(21,22)23,14(24,25)26)32-34(2,29)30/h3-6H,1-2H3. The molecule has 0 saturated carbocycles. The quantitative estimate of drug-likeness (QED) is 0.378. The Bertz CT molecular complexity index is 1000. The van der Waals surface area contributed by atoms with E-state index in [1.54, 1.807) is 0 Å². The third kappa shape index (κ3) is 5.54. The smallest absolute Gasteiger partial charge is 0.239 e. The molecule has 0 unspecified atom stereocenters. The second-order valence-corrected chi connectivity index (χ2v) is 9.66. The van der Waals surface area contributed by atoms with E-state index in [2.05, 4.69) is 8.37 Å². The molecule has 1 aromatic carbocycles. The molecule has 34 heavy (non-hydrogen) atoms. The average molecular weight is 566 g/mol. The largest absolute Gasteiger partial charge is 0.432 e. The van der Waals surface area contributed by atoms with Crippen LogP contribution in [-0.2, 0) is 39.8 Å². The summed E-state index contributed by atoms with van der Waals surface area (Å²) in [5, 5.41) is 0. The van der Waals surface area contributed by atoms with Gasteiger partial charge in [0.25, 0.3) is 20.2 Å². The molecule has 0 spiro atoms. The monoisotopic (exact) mass is 566 g/mol. The summed E-state index contributed by atoms with van der Waals surface area (Å²) in [5.41, 5.74) is -17.2. The Morgan fingerprint density at radius 2 is 0.794 bits per heavy atom. The lowest BCUT2D eigenvalue weighted by Gasteiger charge is -2.38. The van der Waals surface area contributed by atoms with Crippen LogP contribution in [0.2, 0.25) is 0 Å². The highest BCUT2D eigenvalue weighted by molar-refractivity contribution is 7.86. The maximum atomic E-state index is 13.6. The van der Waals surface area contributed by atoms with Gasteiger partial charge in [-0.2, -0.15) is 69.5 Å². The van der Waals surface area contributed by atoms with Crippen LogP contribution in [0.3, 0.4) is 0 Å². The van der Waals surface area contributed by atoms with Crippen molar-refractivity contribution in [2.24, 2.45) is 0 Å². The van der Waals surface area contributed by atoms with Crippen LogP contribution < -0.4 is 0 Å². The zero-order valence-electron chi connectivity index (χ0n) is 16.1. The molecule has 1 aromatic rings. The topological polar surface area (TPSA) is 86.7 Å². The highest BCUT2D eigenvalue weighted by Gasteiger charge is 2.77. The van der Waals surface area contributed by atoms with Gasteiger partial charge in [-0.05, 0) is 6.07 Å². The van der Waals surface area contributed by atoms with E-state index in [4.69, 9.17) is 0 Å². The number of alkyl halides is 12. The summed E-state index contributed by atoms with van der Waals surface area (Å²) >= 11 is 0. The summed E-state index contributed by atoms with van der Waals surface area (Å²) in [6.45, 7) is 0. The molecule has 0 fully saturated rings. The summed E-state index contributed by atoms with van der Waals surface area (Å²) < 4.78 is 214. The molecule has 0 aliphatic rings. The van der Waals surface area contributed by atoms with E-state index in [9.17, 15) is 69.5 Å². The van der Waals surface area contributed by atoms with Crippen molar-refractivity contribution in [3.8, 4) is 0 Å². The van der Waals surface area contributed by atoms with Crippen LogP contribution in [0.15, 0.2) is 24.3 Å². The van der Waals surface area contributed by atoms with E-state index < -0.39 is 73.3 Å². The molecule has 20 heteroatoms. The van der Waals surface area contributed by atoms with Crippen molar-refractivity contribution in [3.63, 3.8) is 0 Å². The van der Waals surface area contributed by atoms with E-state index in [0.717, 1.165) is 0 Å². The van der Waals surface area contributed by atoms with Crippen LogP contribution in [0.4, 0.5) is 52.7 Å². The lowest BCUT2D eigenvalue weighted by atomic mass is 9.85. The molecule has 0 N–H and O–H groups in total. The molecule has 0 atom stereocenters. The minimum atomic E-state index is -6.83. The highest BCUT2D eigenvalue weighted by Crippen LogP contribution is 2.57. The van der Waals surface area contributed by atoms with E-state index in [1.807, 2.05) is 0 Å². The first-order chi connectivity index (χ1) is 14.6. The van der Waals surface area contributed by atoms with Gasteiger partial charge in [-0.1, -0.05) is 18.2 Å². The molecule has 0 aliphatic carbocycles. The summed E-state index contributed by atoms with van der Waals surface area (Å²) in [5.74, 6) is 0. The van der Waals surface area contributed by atoms with Gasteiger partial charge in [0.15, 0.2) is 0 Å². The lowest BCUT2D eigenvalue weighted by molar-refractivity contribution is -0.366. The first kappa shape index (κ1) is 30.2. The van der Waals surface area contributed by atoms with Crippen LogP contribution in [0.1, 0.15) is 11.1 Å². The van der Waals surface area contributed by atoms with Crippen molar-refractivity contribution in [1.29, 1.82) is 0 Å². The number of rotatable bonds is 6. The van der Waals surface area contributed by atoms with Crippen LogP contribution in [-0.4, -0.2) is 54.1 Å². The van der Waals surface area contributed by atoms with Gasteiger partial charge >= 0.3 is 35.9 Å². The molecule has 0 aromatic heterocycles. The Morgan fingerprint density at radius 1 is 0.559 bits per heavy atom. The zero-order valence-corrected chi connectivity index (χ0v) is 17.7. The Labute approximate surface area is 182 Å². The van der Waals surface area contributed by atoms with Crippen molar-refractivity contribution < 1.29 is 77.9 Å². The molecule has 198 valence electrons. The second-order valence-electron chi connectivity index (χ2n) is 6.51. The second kappa shape index (κ2) is 8.40. The molecule has 0 saturated heterocycles. The van der Waals surface area contributed by atoms with Gasteiger partial charge in [0.1, 0.15) is 0 Å². The van der Waals surface area contributed by atoms with Crippen LogP contribution in [0, 0.1) is 0 Å². The fraction of sp³-hybridized carbons (Fsp3) is 0.571. The Hall–Kier alpha value is -1.80. The normalized spacial score (nSPS) is 15.5. The summed E-state index contributed by atoms with van der Waals surface area (Å²) in [6, 6.07) is -1.85. The predicted molar refractivity (Wildman–Crippen MR) is 85.9 cm³/mol. The van der Waals surface area contributed by atoms with Crippen molar-refractivity contribution in [2.45, 2.75) is 35.9 Å². The van der Waals surface area contributed by atoms with Gasteiger partial charge in [-0.3, -0.25) is 0 Å². The Kier molecular flexibility index (Phi) is 7.47. The van der Waals surface area contributed by atoms with E-state index in [0.29, 0.717) is 0 Å². The number of hydrogen-bond acceptors (Lipinski definition) is 6. The molecule has 0 bridgehead atoms. The molecule has 0 heterocycles. The summed E-state index contributed by atoms with van der Waals surface area (Å²) in [7, 11) is -11.5. The molecule has 0 radical (unpaired) electrons. The van der Waals surface area contributed by atoms with Gasteiger partial charge in [-0.15, -0.1) is 0 Å². The van der Waals surface area contributed by atoms with Crippen LogP contribution in [0.25, 0.3) is 0 Å². The van der Waals surface area contributed by atoms with Crippen molar-refractivity contribution in [3.05, 3.63) is 35.4 Å². The van der Waals surface area contributed by atoms with Crippen molar-refractivity contribution in [2.75, 3.05) is 12.5 Å². The SMILES string of the molecule is CS(=O)(=O)OC(c1cccc(C(OS(C)(=O)=O)(C(F)(F)F)C(F)(F)F)c1)(C(F)(F)F)C(F)(F)F. The number of halogens is 12. The van der Waals surface area contributed by atoms with Gasteiger partial charge in [-0.25, -0.2) is 8.37 Å². The maximum absolute atomic E-state index is 13.6. The third-order valence-electron chi connectivity index (χ3n) is 3.83. The molecule has 1 rings (SSSR count). The van der Waals surface area contributed by atoms with E-state index in [1.165, 1.54) is 0 Å². The van der Waals surface area contributed by atoms with Gasteiger partial charge in [0.05, 0.1) is 12.5 Å². The molecular formula is C14H10F12O6S2. The van der Waals surface area contributed by atoms with Crippen LogP contribution in [0.5, 0.6) is 0 Å². The van der Waals surface area contributed by atoms with Crippen molar-refractivity contribution >= 4 is 20.2 Å². The minimum Gasteiger partial charge on any atom is -0.239 e. The Balaban J connectivity index is 4.28. The van der Waals surface area contributed by atoms with Gasteiger partial charge in [0, 0.05) is 11.1 Å². The van der Waals surface area contributed by atoms with E-state index in [-0.39, 0.29) is 30.7 Å².